The third-order valence-corrected chi connectivity index (χ3v) is 2.96. The Kier molecular flexibility index (Phi) is 3.72. The smallest absolute Gasteiger partial charge is 0.141 e. The average Bonchev–Trinajstić information content (AvgIpc) is 2.38. The first-order valence-corrected chi connectivity index (χ1v) is 5.96. The van der Waals surface area contributed by atoms with Gasteiger partial charge in [0, 0.05) is 11.8 Å². The van der Waals surface area contributed by atoms with E-state index in [1.807, 2.05) is 24.3 Å². The molecule has 0 radical (unpaired) electrons. The predicted molar refractivity (Wildman–Crippen MR) is 68.8 cm³/mol. The molecule has 2 rings (SSSR count). The molecular formula is C15H16FNO. The molecule has 3 heteroatoms. The highest BCUT2D eigenvalue weighted by Crippen LogP contribution is 2.23. The summed E-state index contributed by atoms with van der Waals surface area (Å²) in [5.74, 6) is 0.0115. The van der Waals surface area contributed by atoms with Gasteiger partial charge in [0.2, 0.25) is 0 Å². The van der Waals surface area contributed by atoms with Crippen molar-refractivity contribution in [2.75, 3.05) is 0 Å². The highest BCUT2D eigenvalue weighted by molar-refractivity contribution is 5.31. The standard InChI is InChI=1S/C15H16FNO/c1-10(2)11-3-5-12(6-4-11)15(18)13-7-14(16)9-17-8-13/h3-10,15,18H,1-2H3. The molecule has 0 saturated carbocycles. The Balaban J connectivity index is 2.26. The number of aliphatic hydroxyl groups is 1. The highest BCUT2D eigenvalue weighted by Gasteiger charge is 2.11. The van der Waals surface area contributed by atoms with Crippen molar-refractivity contribution in [3.63, 3.8) is 0 Å². The minimum absolute atomic E-state index is 0.439. The van der Waals surface area contributed by atoms with E-state index in [4.69, 9.17) is 0 Å². The molecule has 0 spiro atoms. The molecule has 1 atom stereocenters. The highest BCUT2D eigenvalue weighted by atomic mass is 19.1. The van der Waals surface area contributed by atoms with Crippen molar-refractivity contribution in [3.8, 4) is 0 Å². The number of rotatable bonds is 3. The molecule has 0 aliphatic carbocycles. The van der Waals surface area contributed by atoms with E-state index in [0.29, 0.717) is 11.5 Å². The zero-order chi connectivity index (χ0) is 13.1. The van der Waals surface area contributed by atoms with Crippen molar-refractivity contribution in [2.45, 2.75) is 25.9 Å². The van der Waals surface area contributed by atoms with Gasteiger partial charge in [0.25, 0.3) is 0 Å². The average molecular weight is 245 g/mol. The number of benzene rings is 1. The van der Waals surface area contributed by atoms with E-state index in [9.17, 15) is 9.50 Å². The third-order valence-electron chi connectivity index (χ3n) is 2.96. The second-order valence-corrected chi connectivity index (χ2v) is 4.66. The second kappa shape index (κ2) is 5.27. The number of aliphatic hydroxyl groups excluding tert-OH is 1. The summed E-state index contributed by atoms with van der Waals surface area (Å²) in [6.07, 6.45) is 1.76. The Bertz CT molecular complexity index is 522. The van der Waals surface area contributed by atoms with E-state index in [0.717, 1.165) is 11.8 Å². The van der Waals surface area contributed by atoms with Crippen molar-refractivity contribution in [3.05, 3.63) is 65.2 Å². The minimum Gasteiger partial charge on any atom is -0.384 e. The normalized spacial score (nSPS) is 12.7. The van der Waals surface area contributed by atoms with Crippen LogP contribution in [0.3, 0.4) is 0 Å². The summed E-state index contributed by atoms with van der Waals surface area (Å²) >= 11 is 0. The summed E-state index contributed by atoms with van der Waals surface area (Å²) in [6, 6.07) is 9.00. The Labute approximate surface area is 106 Å². The number of nitrogens with zero attached hydrogens (tertiary/aromatic N) is 1. The van der Waals surface area contributed by atoms with Crippen LogP contribution in [-0.4, -0.2) is 10.1 Å². The first-order valence-electron chi connectivity index (χ1n) is 5.96. The SMILES string of the molecule is CC(C)c1ccc(C(O)c2cncc(F)c2)cc1. The van der Waals surface area contributed by atoms with Crippen molar-refractivity contribution >= 4 is 0 Å². The molecule has 0 amide bonds. The summed E-state index contributed by atoms with van der Waals surface area (Å²) in [6.45, 7) is 4.23. The quantitative estimate of drug-likeness (QED) is 0.898. The van der Waals surface area contributed by atoms with E-state index in [-0.39, 0.29) is 0 Å². The van der Waals surface area contributed by atoms with E-state index >= 15 is 0 Å². The zero-order valence-electron chi connectivity index (χ0n) is 10.5. The van der Waals surface area contributed by atoms with E-state index in [1.54, 1.807) is 0 Å². The van der Waals surface area contributed by atoms with Gasteiger partial charge < -0.3 is 5.11 Å². The molecule has 1 aromatic heterocycles. The number of hydrogen-bond donors (Lipinski definition) is 1. The molecule has 1 N–H and O–H groups in total. The number of halogens is 1. The summed E-state index contributed by atoms with van der Waals surface area (Å²) in [4.78, 5) is 3.74. The predicted octanol–water partition coefficient (Wildman–Crippen LogP) is 3.43. The van der Waals surface area contributed by atoms with Crippen LogP contribution in [0.15, 0.2) is 42.7 Å². The summed E-state index contributed by atoms with van der Waals surface area (Å²) in [5, 5.41) is 10.1. The number of hydrogen-bond acceptors (Lipinski definition) is 2. The second-order valence-electron chi connectivity index (χ2n) is 4.66. The van der Waals surface area contributed by atoms with Gasteiger partial charge in [0.15, 0.2) is 0 Å². The molecule has 18 heavy (non-hydrogen) atoms. The third kappa shape index (κ3) is 2.74. The lowest BCUT2D eigenvalue weighted by Gasteiger charge is -2.12. The Morgan fingerprint density at radius 1 is 1.00 bits per heavy atom. The summed E-state index contributed by atoms with van der Waals surface area (Å²) < 4.78 is 13.0. The van der Waals surface area contributed by atoms with Gasteiger partial charge in [0.1, 0.15) is 11.9 Å². The fraction of sp³-hybridized carbons (Fsp3) is 0.267. The molecule has 0 saturated heterocycles. The van der Waals surface area contributed by atoms with E-state index < -0.39 is 11.9 Å². The van der Waals surface area contributed by atoms with Crippen molar-refractivity contribution in [2.24, 2.45) is 0 Å². The van der Waals surface area contributed by atoms with Crippen molar-refractivity contribution in [1.29, 1.82) is 0 Å². The number of aromatic nitrogens is 1. The van der Waals surface area contributed by atoms with Crippen LogP contribution < -0.4 is 0 Å². The van der Waals surface area contributed by atoms with Crippen LogP contribution in [-0.2, 0) is 0 Å². The largest absolute Gasteiger partial charge is 0.384 e. The topological polar surface area (TPSA) is 33.1 Å². The van der Waals surface area contributed by atoms with Gasteiger partial charge in [-0.25, -0.2) is 4.39 Å². The van der Waals surface area contributed by atoms with Crippen LogP contribution in [0.25, 0.3) is 0 Å². The molecule has 0 aliphatic rings. The molecule has 0 aliphatic heterocycles. The molecule has 0 fully saturated rings. The maximum Gasteiger partial charge on any atom is 0.141 e. The molecule has 0 bridgehead atoms. The maximum atomic E-state index is 13.0. The van der Waals surface area contributed by atoms with Crippen molar-refractivity contribution in [1.82, 2.24) is 4.98 Å². The maximum absolute atomic E-state index is 13.0. The van der Waals surface area contributed by atoms with Crippen LogP contribution in [0.2, 0.25) is 0 Å². The molecular weight excluding hydrogens is 229 g/mol. The molecule has 2 aromatic rings. The molecule has 1 heterocycles. The molecule has 94 valence electrons. The molecule has 1 aromatic carbocycles. The molecule has 2 nitrogen and oxygen atoms in total. The fourth-order valence-electron chi connectivity index (χ4n) is 1.83. The lowest BCUT2D eigenvalue weighted by molar-refractivity contribution is 0.219. The van der Waals surface area contributed by atoms with Gasteiger partial charge in [-0.1, -0.05) is 38.1 Å². The van der Waals surface area contributed by atoms with Gasteiger partial charge in [-0.05, 0) is 23.1 Å². The fourth-order valence-corrected chi connectivity index (χ4v) is 1.83. The first kappa shape index (κ1) is 12.7. The van der Waals surface area contributed by atoms with Crippen LogP contribution in [0.4, 0.5) is 4.39 Å². The van der Waals surface area contributed by atoms with Crippen LogP contribution in [0.1, 0.15) is 42.6 Å². The Morgan fingerprint density at radius 3 is 2.17 bits per heavy atom. The summed E-state index contributed by atoms with van der Waals surface area (Å²) in [5.41, 5.74) is 2.42. The van der Waals surface area contributed by atoms with Gasteiger partial charge in [-0.2, -0.15) is 0 Å². The van der Waals surface area contributed by atoms with Gasteiger partial charge >= 0.3 is 0 Å². The Morgan fingerprint density at radius 2 is 1.61 bits per heavy atom. The van der Waals surface area contributed by atoms with Gasteiger partial charge in [0.05, 0.1) is 6.20 Å². The van der Waals surface area contributed by atoms with Crippen LogP contribution >= 0.6 is 0 Å². The minimum atomic E-state index is -0.839. The van der Waals surface area contributed by atoms with E-state index in [2.05, 4.69) is 18.8 Å². The molecule has 1 unspecified atom stereocenters. The van der Waals surface area contributed by atoms with E-state index in [1.165, 1.54) is 17.8 Å². The zero-order valence-corrected chi connectivity index (χ0v) is 10.5. The van der Waals surface area contributed by atoms with Crippen LogP contribution in [0, 0.1) is 5.82 Å². The lowest BCUT2D eigenvalue weighted by Crippen LogP contribution is -2.01. The monoisotopic (exact) mass is 245 g/mol. The van der Waals surface area contributed by atoms with Gasteiger partial charge in [-0.15, -0.1) is 0 Å². The van der Waals surface area contributed by atoms with Gasteiger partial charge in [-0.3, -0.25) is 4.98 Å². The van der Waals surface area contributed by atoms with Crippen LogP contribution in [0.5, 0.6) is 0 Å². The Hall–Kier alpha value is -1.74. The first-order chi connectivity index (χ1) is 8.58. The lowest BCUT2D eigenvalue weighted by atomic mass is 9.98. The van der Waals surface area contributed by atoms with Crippen molar-refractivity contribution < 1.29 is 9.50 Å². The number of pyridine rings is 1. The summed E-state index contributed by atoms with van der Waals surface area (Å²) in [7, 11) is 0.